The first-order valence-corrected chi connectivity index (χ1v) is 11.9. The number of amides is 3. The van der Waals surface area contributed by atoms with E-state index in [-0.39, 0.29) is 48.3 Å². The molecular weight excluding hydrogens is 432 g/mol. The number of nitrogens with zero attached hydrogens (tertiary/aromatic N) is 2. The van der Waals surface area contributed by atoms with Gasteiger partial charge in [-0.05, 0) is 56.0 Å². The van der Waals surface area contributed by atoms with Crippen LogP contribution in [0.5, 0.6) is 5.75 Å². The topological polar surface area (TPSA) is 84.0 Å². The van der Waals surface area contributed by atoms with Gasteiger partial charge in [0.05, 0.1) is 23.4 Å². The number of esters is 1. The molecule has 7 nitrogen and oxygen atoms in total. The number of carbonyl (C=O) groups excluding carboxylic acids is 4. The molecule has 3 amide bonds. The molecule has 2 aromatic rings. The molecule has 2 heterocycles. The molecule has 3 fully saturated rings. The van der Waals surface area contributed by atoms with E-state index in [0.717, 1.165) is 42.5 Å². The molecule has 2 aliphatic heterocycles. The molecule has 3 atom stereocenters. The van der Waals surface area contributed by atoms with Crippen molar-refractivity contribution in [2.24, 2.45) is 17.8 Å². The van der Waals surface area contributed by atoms with Crippen LogP contribution in [0.1, 0.15) is 43.2 Å². The minimum absolute atomic E-state index is 0.0817. The Bertz CT molecular complexity index is 1170. The summed E-state index contributed by atoms with van der Waals surface area (Å²) < 4.78 is 5.61. The van der Waals surface area contributed by atoms with E-state index in [2.05, 4.69) is 0 Å². The van der Waals surface area contributed by atoms with Gasteiger partial charge in [0.15, 0.2) is 0 Å². The van der Waals surface area contributed by atoms with Crippen LogP contribution in [0.25, 0.3) is 0 Å². The Kier molecular flexibility index (Phi) is 5.71. The molecule has 0 bridgehead atoms. The van der Waals surface area contributed by atoms with Gasteiger partial charge in [-0.15, -0.1) is 0 Å². The highest BCUT2D eigenvalue weighted by Crippen LogP contribution is 2.40. The standard InChI is InChI=1S/C27H28N2O5/c1-16-7-5-12-23(17(16)2)28-15-18(13-24(28)30)27(33)34-20-9-6-8-19(14-20)29-25(31)21-10-3-4-11-22(21)26(29)32/h5-9,12,14,18,21-22H,3-4,10-11,13,15H2,1-2H3/t18-,21-,22+/m1/s1. The Hall–Kier alpha value is -3.48. The van der Waals surface area contributed by atoms with Gasteiger partial charge >= 0.3 is 5.97 Å². The molecule has 5 rings (SSSR count). The Morgan fingerprint density at radius 2 is 1.62 bits per heavy atom. The van der Waals surface area contributed by atoms with Gasteiger partial charge in [0.2, 0.25) is 17.7 Å². The van der Waals surface area contributed by atoms with Gasteiger partial charge in [-0.3, -0.25) is 19.2 Å². The average Bonchev–Trinajstić information content (AvgIpc) is 3.33. The van der Waals surface area contributed by atoms with Crippen LogP contribution in [0, 0.1) is 31.6 Å². The smallest absolute Gasteiger partial charge is 0.316 e. The fourth-order valence-corrected chi connectivity index (χ4v) is 5.43. The summed E-state index contributed by atoms with van der Waals surface area (Å²) in [5, 5.41) is 0. The molecule has 0 radical (unpaired) electrons. The van der Waals surface area contributed by atoms with Crippen LogP contribution in [0.4, 0.5) is 11.4 Å². The van der Waals surface area contributed by atoms with Crippen molar-refractivity contribution in [1.29, 1.82) is 0 Å². The van der Waals surface area contributed by atoms with Crippen LogP contribution < -0.4 is 14.5 Å². The summed E-state index contributed by atoms with van der Waals surface area (Å²) in [7, 11) is 0. The maximum atomic E-state index is 12.9. The van der Waals surface area contributed by atoms with Gasteiger partial charge in [0, 0.05) is 24.7 Å². The quantitative estimate of drug-likeness (QED) is 0.392. The number of benzene rings is 2. The normalized spacial score (nSPS) is 24.5. The van der Waals surface area contributed by atoms with Gasteiger partial charge < -0.3 is 9.64 Å². The average molecular weight is 461 g/mol. The highest BCUT2D eigenvalue weighted by molar-refractivity contribution is 6.22. The van der Waals surface area contributed by atoms with Gasteiger partial charge in [-0.25, -0.2) is 4.90 Å². The molecule has 0 spiro atoms. The summed E-state index contributed by atoms with van der Waals surface area (Å²) in [4.78, 5) is 54.3. The van der Waals surface area contributed by atoms with Crippen molar-refractivity contribution < 1.29 is 23.9 Å². The zero-order valence-corrected chi connectivity index (χ0v) is 19.5. The summed E-state index contributed by atoms with van der Waals surface area (Å²) in [5.41, 5.74) is 3.33. The zero-order chi connectivity index (χ0) is 24.0. The Morgan fingerprint density at radius 3 is 2.32 bits per heavy atom. The number of carbonyl (C=O) groups is 4. The first kappa shape index (κ1) is 22.3. The number of hydrogen-bond acceptors (Lipinski definition) is 5. The van der Waals surface area contributed by atoms with E-state index in [9.17, 15) is 19.2 Å². The number of anilines is 2. The molecule has 34 heavy (non-hydrogen) atoms. The molecule has 7 heteroatoms. The third-order valence-electron chi connectivity index (χ3n) is 7.46. The fraction of sp³-hybridized carbons (Fsp3) is 0.407. The summed E-state index contributed by atoms with van der Waals surface area (Å²) in [6.07, 6.45) is 3.49. The van der Waals surface area contributed by atoms with E-state index >= 15 is 0 Å². The van der Waals surface area contributed by atoms with Gasteiger partial charge in [0.25, 0.3) is 0 Å². The molecule has 2 saturated heterocycles. The van der Waals surface area contributed by atoms with E-state index in [0.29, 0.717) is 5.69 Å². The van der Waals surface area contributed by atoms with Crippen LogP contribution in [-0.2, 0) is 19.2 Å². The second-order valence-corrected chi connectivity index (χ2v) is 9.55. The lowest BCUT2D eigenvalue weighted by Gasteiger charge is -2.20. The predicted octanol–water partition coefficient (Wildman–Crippen LogP) is 3.94. The van der Waals surface area contributed by atoms with Gasteiger partial charge in [-0.2, -0.15) is 0 Å². The molecule has 0 aromatic heterocycles. The van der Waals surface area contributed by atoms with Crippen molar-refractivity contribution in [3.05, 3.63) is 53.6 Å². The highest BCUT2D eigenvalue weighted by atomic mass is 16.5. The Labute approximate surface area is 198 Å². The van der Waals surface area contributed by atoms with E-state index in [4.69, 9.17) is 4.74 Å². The summed E-state index contributed by atoms with van der Waals surface area (Å²) in [5.74, 6) is -1.75. The lowest BCUT2D eigenvalue weighted by Crippen LogP contribution is -2.31. The Balaban J connectivity index is 1.30. The van der Waals surface area contributed by atoms with Crippen molar-refractivity contribution in [1.82, 2.24) is 0 Å². The second kappa shape index (κ2) is 8.70. The number of aryl methyl sites for hydroxylation is 1. The lowest BCUT2D eigenvalue weighted by atomic mass is 9.81. The van der Waals surface area contributed by atoms with Crippen LogP contribution in [-0.4, -0.2) is 30.2 Å². The number of rotatable bonds is 4. The maximum Gasteiger partial charge on any atom is 0.316 e. The summed E-state index contributed by atoms with van der Waals surface area (Å²) in [6, 6.07) is 12.3. The summed E-state index contributed by atoms with van der Waals surface area (Å²) in [6.45, 7) is 4.21. The first-order valence-electron chi connectivity index (χ1n) is 11.9. The number of ether oxygens (including phenoxy) is 1. The maximum absolute atomic E-state index is 12.9. The van der Waals surface area contributed by atoms with Gasteiger partial charge in [-0.1, -0.05) is 31.0 Å². The van der Waals surface area contributed by atoms with Crippen molar-refractivity contribution in [2.75, 3.05) is 16.3 Å². The second-order valence-electron chi connectivity index (χ2n) is 9.55. The molecule has 0 unspecified atom stereocenters. The largest absolute Gasteiger partial charge is 0.426 e. The highest BCUT2D eigenvalue weighted by Gasteiger charge is 2.48. The third kappa shape index (κ3) is 3.79. The fourth-order valence-electron chi connectivity index (χ4n) is 5.43. The van der Waals surface area contributed by atoms with E-state index in [1.807, 2.05) is 32.0 Å². The third-order valence-corrected chi connectivity index (χ3v) is 7.46. The van der Waals surface area contributed by atoms with Crippen LogP contribution in [0.15, 0.2) is 42.5 Å². The van der Waals surface area contributed by atoms with Crippen molar-refractivity contribution in [3.8, 4) is 5.75 Å². The van der Waals surface area contributed by atoms with E-state index in [1.54, 1.807) is 29.2 Å². The van der Waals surface area contributed by atoms with E-state index < -0.39 is 11.9 Å². The van der Waals surface area contributed by atoms with Crippen molar-refractivity contribution >= 4 is 35.1 Å². The van der Waals surface area contributed by atoms with E-state index in [1.165, 1.54) is 4.90 Å². The van der Waals surface area contributed by atoms with Crippen molar-refractivity contribution in [3.63, 3.8) is 0 Å². The molecular formula is C27H28N2O5. The van der Waals surface area contributed by atoms with Gasteiger partial charge in [0.1, 0.15) is 5.75 Å². The first-order chi connectivity index (χ1) is 16.3. The minimum Gasteiger partial charge on any atom is -0.426 e. The zero-order valence-electron chi connectivity index (χ0n) is 19.5. The van der Waals surface area contributed by atoms with Crippen LogP contribution in [0.3, 0.4) is 0 Å². The number of imide groups is 1. The number of hydrogen-bond donors (Lipinski definition) is 0. The van der Waals surface area contributed by atoms with Crippen molar-refractivity contribution in [2.45, 2.75) is 46.0 Å². The minimum atomic E-state index is -0.589. The molecule has 2 aromatic carbocycles. The number of fused-ring (bicyclic) bond motifs is 1. The molecule has 1 saturated carbocycles. The molecule has 3 aliphatic rings. The lowest BCUT2D eigenvalue weighted by molar-refractivity contribution is -0.139. The Morgan fingerprint density at radius 1 is 0.941 bits per heavy atom. The predicted molar refractivity (Wildman–Crippen MR) is 126 cm³/mol. The molecule has 0 N–H and O–H groups in total. The van der Waals surface area contributed by atoms with Crippen LogP contribution in [0.2, 0.25) is 0 Å². The molecule has 1 aliphatic carbocycles. The SMILES string of the molecule is Cc1cccc(N2C[C@H](C(=O)Oc3cccc(N4C(=O)[C@H]5CCCC[C@H]5C4=O)c3)CC2=O)c1C. The molecule has 176 valence electrons. The summed E-state index contributed by atoms with van der Waals surface area (Å²) >= 11 is 0. The monoisotopic (exact) mass is 460 g/mol. The van der Waals surface area contributed by atoms with Crippen LogP contribution >= 0.6 is 0 Å².